The first kappa shape index (κ1) is 18.7. The number of benzene rings is 2. The Kier molecular flexibility index (Phi) is 5.32. The van der Waals surface area contributed by atoms with Gasteiger partial charge in [-0.15, -0.1) is 0 Å². The Morgan fingerprint density at radius 1 is 1.19 bits per heavy atom. The molecule has 0 spiro atoms. The van der Waals surface area contributed by atoms with E-state index in [4.69, 9.17) is 12.2 Å². The van der Waals surface area contributed by atoms with Gasteiger partial charge in [0, 0.05) is 6.21 Å². The van der Waals surface area contributed by atoms with Gasteiger partial charge in [-0.25, -0.2) is 4.39 Å². The monoisotopic (exact) mass is 383 g/mol. The van der Waals surface area contributed by atoms with Crippen LogP contribution in [0.1, 0.15) is 30.9 Å². The van der Waals surface area contributed by atoms with E-state index in [9.17, 15) is 14.3 Å². The number of aromatic nitrogens is 2. The Balaban J connectivity index is 2.12. The molecule has 27 heavy (non-hydrogen) atoms. The standard InChI is InChI=1S/C20H18FN3O2S/c1-12(2)15-5-3-4-6-17(15)22-11-16-18(25)23-20(27)24(19(16)26)14-9-7-13(21)8-10-14/h3-12,26H,1-2H3,(H,23,25,27). The summed E-state index contributed by atoms with van der Waals surface area (Å²) in [4.78, 5) is 19.2. The van der Waals surface area contributed by atoms with E-state index in [2.05, 4.69) is 9.98 Å². The summed E-state index contributed by atoms with van der Waals surface area (Å²) in [6, 6.07) is 13.0. The van der Waals surface area contributed by atoms with Crippen LogP contribution in [-0.2, 0) is 0 Å². The molecule has 5 nitrogen and oxygen atoms in total. The summed E-state index contributed by atoms with van der Waals surface area (Å²) in [7, 11) is 0. The van der Waals surface area contributed by atoms with Gasteiger partial charge in [0.2, 0.25) is 5.88 Å². The summed E-state index contributed by atoms with van der Waals surface area (Å²) in [6.45, 7) is 4.10. The first-order chi connectivity index (χ1) is 12.9. The van der Waals surface area contributed by atoms with Gasteiger partial charge in [-0.2, -0.15) is 0 Å². The van der Waals surface area contributed by atoms with Crippen molar-refractivity contribution < 1.29 is 9.50 Å². The number of H-pyrrole nitrogens is 1. The van der Waals surface area contributed by atoms with Crippen molar-refractivity contribution in [2.45, 2.75) is 19.8 Å². The first-order valence-electron chi connectivity index (χ1n) is 8.35. The van der Waals surface area contributed by atoms with Crippen LogP contribution in [0.15, 0.2) is 58.3 Å². The highest BCUT2D eigenvalue weighted by molar-refractivity contribution is 7.71. The predicted molar refractivity (Wildman–Crippen MR) is 107 cm³/mol. The third-order valence-electron chi connectivity index (χ3n) is 4.10. The van der Waals surface area contributed by atoms with Gasteiger partial charge < -0.3 is 5.11 Å². The summed E-state index contributed by atoms with van der Waals surface area (Å²) in [5.41, 5.74) is 1.57. The first-order valence-corrected chi connectivity index (χ1v) is 8.76. The second-order valence-electron chi connectivity index (χ2n) is 6.28. The second-order valence-corrected chi connectivity index (χ2v) is 6.67. The van der Waals surface area contributed by atoms with Crippen molar-refractivity contribution in [3.63, 3.8) is 0 Å². The van der Waals surface area contributed by atoms with Gasteiger partial charge in [0.25, 0.3) is 5.56 Å². The summed E-state index contributed by atoms with van der Waals surface area (Å²) >= 11 is 5.14. The quantitative estimate of drug-likeness (QED) is 0.510. The smallest absolute Gasteiger partial charge is 0.264 e. The van der Waals surface area contributed by atoms with Crippen molar-refractivity contribution in [3.05, 3.63) is 80.6 Å². The topological polar surface area (TPSA) is 70.4 Å². The van der Waals surface area contributed by atoms with E-state index >= 15 is 0 Å². The third-order valence-corrected chi connectivity index (χ3v) is 4.38. The molecule has 3 aromatic rings. The lowest BCUT2D eigenvalue weighted by Crippen LogP contribution is -2.18. The minimum Gasteiger partial charge on any atom is -0.494 e. The Hall–Kier alpha value is -3.06. The molecular formula is C20H18FN3O2S. The number of aromatic hydroxyl groups is 1. The number of hydrogen-bond donors (Lipinski definition) is 2. The molecule has 2 N–H and O–H groups in total. The molecule has 0 fully saturated rings. The number of aromatic amines is 1. The van der Waals surface area contributed by atoms with Crippen molar-refractivity contribution in [2.24, 2.45) is 4.99 Å². The molecule has 0 aliphatic rings. The Bertz CT molecular complexity index is 1120. The number of para-hydroxylation sites is 1. The maximum absolute atomic E-state index is 13.2. The zero-order valence-corrected chi connectivity index (χ0v) is 15.6. The van der Waals surface area contributed by atoms with Gasteiger partial charge in [-0.3, -0.25) is 19.3 Å². The molecule has 0 bridgehead atoms. The third kappa shape index (κ3) is 3.88. The molecule has 7 heteroatoms. The molecule has 138 valence electrons. The van der Waals surface area contributed by atoms with Crippen molar-refractivity contribution in [1.82, 2.24) is 9.55 Å². The van der Waals surface area contributed by atoms with Crippen LogP contribution in [0, 0.1) is 10.6 Å². The molecule has 0 radical (unpaired) electrons. The highest BCUT2D eigenvalue weighted by Crippen LogP contribution is 2.26. The lowest BCUT2D eigenvalue weighted by atomic mass is 10.0. The molecule has 3 rings (SSSR count). The molecule has 1 heterocycles. The Labute approximate surface area is 160 Å². The largest absolute Gasteiger partial charge is 0.494 e. The number of rotatable bonds is 4. The molecular weight excluding hydrogens is 365 g/mol. The average Bonchev–Trinajstić information content (AvgIpc) is 2.63. The van der Waals surface area contributed by atoms with Gasteiger partial charge in [-0.05, 0) is 54.0 Å². The van der Waals surface area contributed by atoms with Crippen LogP contribution in [0.25, 0.3) is 5.69 Å². The van der Waals surface area contributed by atoms with E-state index in [0.29, 0.717) is 11.4 Å². The molecule has 0 saturated carbocycles. The zero-order chi connectivity index (χ0) is 19.6. The lowest BCUT2D eigenvalue weighted by Gasteiger charge is -2.11. The fraction of sp³-hybridized carbons (Fsp3) is 0.150. The van der Waals surface area contributed by atoms with Crippen LogP contribution in [0.4, 0.5) is 10.1 Å². The van der Waals surface area contributed by atoms with E-state index in [0.717, 1.165) is 5.56 Å². The molecule has 0 amide bonds. The second kappa shape index (κ2) is 7.67. The highest BCUT2D eigenvalue weighted by Gasteiger charge is 2.13. The average molecular weight is 383 g/mol. The molecule has 0 unspecified atom stereocenters. The Morgan fingerprint density at radius 2 is 1.85 bits per heavy atom. The summed E-state index contributed by atoms with van der Waals surface area (Å²) in [5, 5.41) is 10.6. The van der Waals surface area contributed by atoms with Gasteiger partial charge in [0.15, 0.2) is 4.77 Å². The summed E-state index contributed by atoms with van der Waals surface area (Å²) in [6.07, 6.45) is 1.31. The van der Waals surface area contributed by atoms with Crippen LogP contribution in [0.3, 0.4) is 0 Å². The summed E-state index contributed by atoms with van der Waals surface area (Å²) in [5.74, 6) is -0.521. The molecule has 0 atom stereocenters. The highest BCUT2D eigenvalue weighted by atomic mass is 32.1. The normalized spacial score (nSPS) is 11.4. The lowest BCUT2D eigenvalue weighted by molar-refractivity contribution is 0.432. The van der Waals surface area contributed by atoms with E-state index < -0.39 is 11.4 Å². The molecule has 2 aromatic carbocycles. The minimum absolute atomic E-state index is 0.00355. The van der Waals surface area contributed by atoms with Crippen molar-refractivity contribution in [3.8, 4) is 11.6 Å². The fourth-order valence-electron chi connectivity index (χ4n) is 2.71. The van der Waals surface area contributed by atoms with Crippen LogP contribution in [0.2, 0.25) is 0 Å². The number of aliphatic imine (C=N–C) groups is 1. The van der Waals surface area contributed by atoms with Gasteiger partial charge in [-0.1, -0.05) is 32.0 Å². The molecule has 0 aliphatic heterocycles. The SMILES string of the molecule is CC(C)c1ccccc1N=Cc1c(O)n(-c2ccc(F)cc2)c(=S)[nH]c1=O. The molecule has 0 saturated heterocycles. The van der Waals surface area contributed by atoms with E-state index in [-0.39, 0.29) is 22.1 Å². The number of nitrogens with zero attached hydrogens (tertiary/aromatic N) is 2. The number of hydrogen-bond acceptors (Lipinski definition) is 4. The van der Waals surface area contributed by atoms with Crippen molar-refractivity contribution in [1.29, 1.82) is 0 Å². The maximum Gasteiger partial charge on any atom is 0.264 e. The van der Waals surface area contributed by atoms with Crippen LogP contribution >= 0.6 is 12.2 Å². The van der Waals surface area contributed by atoms with E-state index in [1.807, 2.05) is 38.1 Å². The van der Waals surface area contributed by atoms with Crippen molar-refractivity contribution in [2.75, 3.05) is 0 Å². The van der Waals surface area contributed by atoms with Crippen LogP contribution < -0.4 is 5.56 Å². The zero-order valence-electron chi connectivity index (χ0n) is 14.8. The minimum atomic E-state index is -0.554. The summed E-state index contributed by atoms with van der Waals surface area (Å²) < 4.78 is 14.4. The fourth-order valence-corrected chi connectivity index (χ4v) is 3.00. The number of halogens is 1. The predicted octanol–water partition coefficient (Wildman–Crippen LogP) is 4.61. The molecule has 0 aliphatic carbocycles. The van der Waals surface area contributed by atoms with E-state index in [1.54, 1.807) is 0 Å². The number of nitrogens with one attached hydrogen (secondary N) is 1. The van der Waals surface area contributed by atoms with Gasteiger partial charge in [0.1, 0.15) is 11.4 Å². The van der Waals surface area contributed by atoms with Crippen molar-refractivity contribution >= 4 is 24.1 Å². The Morgan fingerprint density at radius 3 is 2.52 bits per heavy atom. The van der Waals surface area contributed by atoms with Crippen LogP contribution in [-0.4, -0.2) is 20.9 Å². The maximum atomic E-state index is 13.2. The van der Waals surface area contributed by atoms with Gasteiger partial charge >= 0.3 is 0 Å². The van der Waals surface area contributed by atoms with Crippen LogP contribution in [0.5, 0.6) is 5.88 Å². The van der Waals surface area contributed by atoms with E-state index in [1.165, 1.54) is 35.0 Å². The van der Waals surface area contributed by atoms with Gasteiger partial charge in [0.05, 0.1) is 11.4 Å². The molecule has 1 aromatic heterocycles.